The maximum Gasteiger partial charge on any atom is 0.236 e. The number of amides is 1. The zero-order valence-electron chi connectivity index (χ0n) is 15.1. The molecule has 142 valence electrons. The second-order valence-corrected chi connectivity index (χ2v) is 6.85. The van der Waals surface area contributed by atoms with Gasteiger partial charge < -0.3 is 14.6 Å². The summed E-state index contributed by atoms with van der Waals surface area (Å²) in [5.74, 6) is 2.39. The van der Waals surface area contributed by atoms with Crippen molar-refractivity contribution in [2.45, 2.75) is 11.9 Å². The lowest BCUT2D eigenvalue weighted by molar-refractivity contribution is -0.113. The molecule has 0 aliphatic heterocycles. The van der Waals surface area contributed by atoms with E-state index >= 15 is 0 Å². The van der Waals surface area contributed by atoms with Crippen molar-refractivity contribution in [2.24, 2.45) is 0 Å². The molecule has 0 atom stereocenters. The quantitative estimate of drug-likeness (QED) is 0.496. The van der Waals surface area contributed by atoms with Gasteiger partial charge in [0.05, 0.1) is 12.9 Å². The van der Waals surface area contributed by atoms with E-state index < -0.39 is 0 Å². The van der Waals surface area contributed by atoms with Crippen LogP contribution < -0.4 is 10.1 Å². The predicted octanol–water partition coefficient (Wildman–Crippen LogP) is 2.83. The molecule has 9 nitrogen and oxygen atoms in total. The molecule has 1 aromatic carbocycles. The highest BCUT2D eigenvalue weighted by Crippen LogP contribution is 2.23. The topological polar surface area (TPSA) is 107 Å². The Morgan fingerprint density at radius 3 is 2.75 bits per heavy atom. The van der Waals surface area contributed by atoms with E-state index in [0.717, 1.165) is 11.3 Å². The zero-order chi connectivity index (χ0) is 19.5. The van der Waals surface area contributed by atoms with Gasteiger partial charge in [-0.2, -0.15) is 9.61 Å². The second kappa shape index (κ2) is 7.69. The van der Waals surface area contributed by atoms with Crippen LogP contribution in [0.25, 0.3) is 17.0 Å². The molecule has 4 rings (SSSR count). The zero-order valence-corrected chi connectivity index (χ0v) is 15.9. The molecule has 0 unspecified atom stereocenters. The van der Waals surface area contributed by atoms with Gasteiger partial charge >= 0.3 is 0 Å². The number of hydrogen-bond donors (Lipinski definition) is 1. The number of hydrogen-bond acceptors (Lipinski definition) is 8. The van der Waals surface area contributed by atoms with E-state index in [1.54, 1.807) is 30.7 Å². The van der Waals surface area contributed by atoms with Crippen molar-refractivity contribution in [1.29, 1.82) is 0 Å². The number of nitrogens with zero attached hydrogens (tertiary/aromatic N) is 5. The monoisotopic (exact) mass is 396 g/mol. The van der Waals surface area contributed by atoms with Crippen LogP contribution in [0.1, 0.15) is 5.76 Å². The van der Waals surface area contributed by atoms with Crippen LogP contribution >= 0.6 is 11.8 Å². The Morgan fingerprint density at radius 1 is 1.21 bits per heavy atom. The van der Waals surface area contributed by atoms with E-state index in [1.807, 2.05) is 30.3 Å². The standard InChI is InChI=1S/C18H16N6O3S/c1-11-9-14(23-27-11)19-16(25)10-28-17-8-7-15-20-21-18(24(15)22-17)12-3-5-13(26-2)6-4-12/h3-9H,10H2,1-2H3,(H,19,23,25). The number of methoxy groups -OCH3 is 1. The molecule has 0 saturated carbocycles. The lowest BCUT2D eigenvalue weighted by atomic mass is 10.2. The molecule has 10 heteroatoms. The van der Waals surface area contributed by atoms with Gasteiger partial charge in [-0.15, -0.1) is 10.2 Å². The molecule has 3 aromatic heterocycles. The highest BCUT2D eigenvalue weighted by atomic mass is 32.2. The number of carbonyl (C=O) groups is 1. The van der Waals surface area contributed by atoms with Crippen molar-refractivity contribution in [3.05, 3.63) is 48.2 Å². The van der Waals surface area contributed by atoms with Gasteiger partial charge in [-0.25, -0.2) is 0 Å². The van der Waals surface area contributed by atoms with Gasteiger partial charge in [-0.3, -0.25) is 4.79 Å². The summed E-state index contributed by atoms with van der Waals surface area (Å²) in [7, 11) is 1.62. The number of ether oxygens (including phenoxy) is 1. The summed E-state index contributed by atoms with van der Waals surface area (Å²) in [5, 5.41) is 20.0. The minimum absolute atomic E-state index is 0.185. The van der Waals surface area contributed by atoms with Gasteiger partial charge in [0.2, 0.25) is 5.91 Å². The van der Waals surface area contributed by atoms with Crippen LogP contribution in [0.4, 0.5) is 5.82 Å². The predicted molar refractivity (Wildman–Crippen MR) is 103 cm³/mol. The SMILES string of the molecule is COc1ccc(-c2nnc3ccc(SCC(=O)Nc4cc(C)on4)nn23)cc1. The van der Waals surface area contributed by atoms with Gasteiger partial charge in [-0.05, 0) is 43.3 Å². The molecule has 0 bridgehead atoms. The fourth-order valence-corrected chi connectivity index (χ4v) is 3.17. The first-order valence-corrected chi connectivity index (χ1v) is 9.34. The lowest BCUT2D eigenvalue weighted by Gasteiger charge is -2.04. The average molecular weight is 396 g/mol. The van der Waals surface area contributed by atoms with Crippen molar-refractivity contribution in [3.63, 3.8) is 0 Å². The number of nitrogens with one attached hydrogen (secondary N) is 1. The smallest absolute Gasteiger partial charge is 0.236 e. The molecular weight excluding hydrogens is 380 g/mol. The molecular formula is C18H16N6O3S. The highest BCUT2D eigenvalue weighted by Gasteiger charge is 2.12. The van der Waals surface area contributed by atoms with Crippen LogP contribution in [0.3, 0.4) is 0 Å². The van der Waals surface area contributed by atoms with E-state index in [4.69, 9.17) is 9.26 Å². The van der Waals surface area contributed by atoms with E-state index in [2.05, 4.69) is 25.8 Å². The Hall–Kier alpha value is -3.40. The summed E-state index contributed by atoms with van der Waals surface area (Å²) < 4.78 is 11.8. The third-order valence-corrected chi connectivity index (χ3v) is 4.75. The van der Waals surface area contributed by atoms with Gasteiger partial charge in [0, 0.05) is 11.6 Å². The van der Waals surface area contributed by atoms with Crippen molar-refractivity contribution in [2.75, 3.05) is 18.2 Å². The minimum Gasteiger partial charge on any atom is -0.497 e. The van der Waals surface area contributed by atoms with Crippen LogP contribution in [0, 0.1) is 6.92 Å². The van der Waals surface area contributed by atoms with Gasteiger partial charge in [0.15, 0.2) is 17.3 Å². The Kier molecular flexibility index (Phi) is 4.94. The number of aryl methyl sites for hydroxylation is 1. The first-order valence-electron chi connectivity index (χ1n) is 8.35. The van der Waals surface area contributed by atoms with Crippen LogP contribution in [0.15, 0.2) is 52.0 Å². The second-order valence-electron chi connectivity index (χ2n) is 5.85. The minimum atomic E-state index is -0.195. The van der Waals surface area contributed by atoms with Crippen molar-refractivity contribution >= 4 is 29.1 Å². The molecule has 28 heavy (non-hydrogen) atoms. The number of fused-ring (bicyclic) bond motifs is 1. The molecule has 0 saturated heterocycles. The fraction of sp³-hybridized carbons (Fsp3) is 0.167. The molecule has 0 radical (unpaired) electrons. The summed E-state index contributed by atoms with van der Waals surface area (Å²) in [6.45, 7) is 1.76. The first-order chi connectivity index (χ1) is 13.6. The van der Waals surface area contributed by atoms with Crippen LogP contribution in [0.5, 0.6) is 5.75 Å². The van der Waals surface area contributed by atoms with E-state index in [9.17, 15) is 4.79 Å². The summed E-state index contributed by atoms with van der Waals surface area (Å²) in [6, 6.07) is 12.8. The fourth-order valence-electron chi connectivity index (χ4n) is 2.51. The summed E-state index contributed by atoms with van der Waals surface area (Å²) in [5.41, 5.74) is 1.49. The van der Waals surface area contributed by atoms with E-state index in [-0.39, 0.29) is 11.7 Å². The van der Waals surface area contributed by atoms with E-state index in [1.165, 1.54) is 11.8 Å². The molecule has 0 fully saturated rings. The number of rotatable bonds is 6. The molecule has 4 aromatic rings. The summed E-state index contributed by atoms with van der Waals surface area (Å²) in [4.78, 5) is 12.1. The Balaban J connectivity index is 1.49. The Bertz CT molecular complexity index is 1120. The third-order valence-electron chi connectivity index (χ3n) is 3.83. The Labute approximate surface area is 164 Å². The number of benzene rings is 1. The average Bonchev–Trinajstić information content (AvgIpc) is 3.32. The Morgan fingerprint density at radius 2 is 2.04 bits per heavy atom. The van der Waals surface area contributed by atoms with Crippen molar-refractivity contribution in [1.82, 2.24) is 25.0 Å². The molecule has 0 aliphatic rings. The van der Waals surface area contributed by atoms with Crippen LogP contribution in [-0.4, -0.2) is 43.7 Å². The number of carbonyl (C=O) groups excluding carboxylic acids is 1. The largest absolute Gasteiger partial charge is 0.497 e. The summed E-state index contributed by atoms with van der Waals surface area (Å²) in [6.07, 6.45) is 0. The van der Waals surface area contributed by atoms with Gasteiger partial charge in [0.1, 0.15) is 16.5 Å². The number of aromatic nitrogens is 5. The maximum atomic E-state index is 12.1. The first kappa shape index (κ1) is 18.0. The normalized spacial score (nSPS) is 10.9. The maximum absolute atomic E-state index is 12.1. The number of anilines is 1. The van der Waals surface area contributed by atoms with Gasteiger partial charge in [-0.1, -0.05) is 16.9 Å². The van der Waals surface area contributed by atoms with Crippen LogP contribution in [-0.2, 0) is 4.79 Å². The van der Waals surface area contributed by atoms with Crippen molar-refractivity contribution in [3.8, 4) is 17.1 Å². The highest BCUT2D eigenvalue weighted by molar-refractivity contribution is 7.99. The van der Waals surface area contributed by atoms with Gasteiger partial charge in [0.25, 0.3) is 0 Å². The lowest BCUT2D eigenvalue weighted by Crippen LogP contribution is -2.14. The third kappa shape index (κ3) is 3.81. The molecule has 1 amide bonds. The van der Waals surface area contributed by atoms with Crippen molar-refractivity contribution < 1.29 is 14.1 Å². The molecule has 3 heterocycles. The molecule has 1 N–H and O–H groups in total. The van der Waals surface area contributed by atoms with Crippen LogP contribution in [0.2, 0.25) is 0 Å². The summed E-state index contributed by atoms with van der Waals surface area (Å²) >= 11 is 1.30. The molecule has 0 aliphatic carbocycles. The number of thioether (sulfide) groups is 1. The van der Waals surface area contributed by atoms with E-state index in [0.29, 0.717) is 28.1 Å². The molecule has 0 spiro atoms.